The molecule has 0 saturated heterocycles. The number of ether oxygens (including phenoxy) is 1. The summed E-state index contributed by atoms with van der Waals surface area (Å²) in [5.41, 5.74) is 5.40. The molecule has 10 nitrogen and oxygen atoms in total. The maximum Gasteiger partial charge on any atom is 0.357 e. The molecule has 1 aromatic carbocycles. The van der Waals surface area contributed by atoms with Gasteiger partial charge in [0.15, 0.2) is 12.3 Å². The van der Waals surface area contributed by atoms with Crippen molar-refractivity contribution in [3.8, 4) is 0 Å². The summed E-state index contributed by atoms with van der Waals surface area (Å²) in [6.07, 6.45) is 3.81. The zero-order valence-corrected chi connectivity index (χ0v) is 20.1. The number of unbranched alkanes of at least 4 members (excludes halogenated alkanes) is 3. The fraction of sp³-hybridized carbons (Fsp3) is 0.400. The van der Waals surface area contributed by atoms with Crippen molar-refractivity contribution < 1.29 is 14.3 Å². The van der Waals surface area contributed by atoms with Crippen LogP contribution in [0.15, 0.2) is 46.0 Å². The number of aromatic amines is 1. The summed E-state index contributed by atoms with van der Waals surface area (Å²) in [4.78, 5) is 58.4. The number of nitrogens with two attached hydrogens (primary N) is 1. The second-order valence-corrected chi connectivity index (χ2v) is 8.22. The third-order valence-corrected chi connectivity index (χ3v) is 5.64. The number of amides is 1. The molecule has 10 heteroatoms. The molecule has 0 fully saturated rings. The maximum atomic E-state index is 13.1. The lowest BCUT2D eigenvalue weighted by Crippen LogP contribution is -2.43. The van der Waals surface area contributed by atoms with Crippen molar-refractivity contribution in [2.75, 3.05) is 23.8 Å². The lowest BCUT2D eigenvalue weighted by Gasteiger charge is -2.24. The minimum absolute atomic E-state index is 0.0690. The van der Waals surface area contributed by atoms with Gasteiger partial charge in [0, 0.05) is 18.5 Å². The molecule has 0 radical (unpaired) electrons. The van der Waals surface area contributed by atoms with Crippen molar-refractivity contribution in [1.29, 1.82) is 0 Å². The van der Waals surface area contributed by atoms with Crippen LogP contribution in [0.5, 0.6) is 0 Å². The number of rotatable bonds is 11. The number of esters is 1. The van der Waals surface area contributed by atoms with E-state index < -0.39 is 29.7 Å². The average Bonchev–Trinajstić information content (AvgIpc) is 2.85. The summed E-state index contributed by atoms with van der Waals surface area (Å²) in [7, 11) is 0. The fourth-order valence-electron chi connectivity index (χ4n) is 3.72. The van der Waals surface area contributed by atoms with Gasteiger partial charge in [-0.25, -0.2) is 14.6 Å². The zero-order chi connectivity index (χ0) is 25.4. The number of pyridine rings is 1. The number of hydrogen-bond donors (Lipinski definition) is 2. The van der Waals surface area contributed by atoms with E-state index in [0.29, 0.717) is 24.9 Å². The van der Waals surface area contributed by atoms with Crippen LogP contribution in [0.25, 0.3) is 10.9 Å². The lowest BCUT2D eigenvalue weighted by molar-refractivity contribution is -0.121. The van der Waals surface area contributed by atoms with Gasteiger partial charge in [-0.05, 0) is 25.0 Å². The van der Waals surface area contributed by atoms with Gasteiger partial charge in [-0.3, -0.25) is 19.1 Å². The van der Waals surface area contributed by atoms with Crippen LogP contribution in [-0.4, -0.2) is 39.6 Å². The van der Waals surface area contributed by atoms with Crippen molar-refractivity contribution in [3.63, 3.8) is 0 Å². The summed E-state index contributed by atoms with van der Waals surface area (Å²) < 4.78 is 6.49. The molecule has 0 spiro atoms. The smallest absolute Gasteiger partial charge is 0.357 e. The van der Waals surface area contributed by atoms with Crippen LogP contribution in [0.3, 0.4) is 0 Å². The second kappa shape index (κ2) is 12.0. The first-order valence-corrected chi connectivity index (χ1v) is 11.8. The van der Waals surface area contributed by atoms with E-state index in [4.69, 9.17) is 10.5 Å². The van der Waals surface area contributed by atoms with Gasteiger partial charge < -0.3 is 15.4 Å². The van der Waals surface area contributed by atoms with Crippen molar-refractivity contribution in [2.24, 2.45) is 0 Å². The number of anilines is 2. The van der Waals surface area contributed by atoms with Gasteiger partial charge in [-0.15, -0.1) is 0 Å². The highest BCUT2D eigenvalue weighted by Crippen LogP contribution is 2.19. The predicted octanol–water partition coefficient (Wildman–Crippen LogP) is 2.85. The van der Waals surface area contributed by atoms with E-state index in [2.05, 4.69) is 9.97 Å². The van der Waals surface area contributed by atoms with Gasteiger partial charge in [0.25, 0.3) is 11.5 Å². The number of benzene rings is 1. The van der Waals surface area contributed by atoms with E-state index in [1.807, 2.05) is 32.0 Å². The third kappa shape index (κ3) is 6.14. The molecule has 3 rings (SSSR count). The van der Waals surface area contributed by atoms with Crippen molar-refractivity contribution in [1.82, 2.24) is 14.5 Å². The summed E-state index contributed by atoms with van der Waals surface area (Å²) in [6, 6.07) is 10.6. The Hall–Kier alpha value is -3.95. The summed E-state index contributed by atoms with van der Waals surface area (Å²) >= 11 is 0. The van der Waals surface area contributed by atoms with Gasteiger partial charge in [0.05, 0.1) is 5.52 Å². The molecule has 3 N–H and O–H groups in total. The van der Waals surface area contributed by atoms with Crippen molar-refractivity contribution >= 4 is 34.3 Å². The van der Waals surface area contributed by atoms with E-state index in [1.165, 1.54) is 15.5 Å². The number of hydrogen-bond acceptors (Lipinski definition) is 7. The average molecular weight is 482 g/mol. The molecule has 0 aliphatic carbocycles. The third-order valence-electron chi connectivity index (χ3n) is 5.64. The number of nitrogens with zero attached hydrogens (tertiary/aromatic N) is 3. The Morgan fingerprint density at radius 2 is 1.80 bits per heavy atom. The van der Waals surface area contributed by atoms with Gasteiger partial charge in [-0.1, -0.05) is 57.4 Å². The van der Waals surface area contributed by atoms with Crippen LogP contribution < -0.4 is 21.9 Å². The highest BCUT2D eigenvalue weighted by molar-refractivity contribution is 5.98. The summed E-state index contributed by atoms with van der Waals surface area (Å²) in [5.74, 6) is -1.46. The van der Waals surface area contributed by atoms with E-state index in [-0.39, 0.29) is 23.7 Å². The quantitative estimate of drug-likeness (QED) is 0.317. The van der Waals surface area contributed by atoms with E-state index in [0.717, 1.165) is 24.6 Å². The zero-order valence-electron chi connectivity index (χ0n) is 20.1. The number of fused-ring (bicyclic) bond motifs is 1. The number of nitrogen functional groups attached to an aromatic ring is 1. The molecule has 0 saturated carbocycles. The first-order valence-electron chi connectivity index (χ1n) is 11.8. The molecule has 186 valence electrons. The van der Waals surface area contributed by atoms with Crippen LogP contribution in [0, 0.1) is 0 Å². The Kier molecular flexibility index (Phi) is 8.77. The molecule has 0 aliphatic rings. The second-order valence-electron chi connectivity index (χ2n) is 8.22. The minimum Gasteiger partial charge on any atom is -0.451 e. The standard InChI is InChI=1S/C25H31N5O5/c1-3-5-9-15-29(21-22(26)30(14-6-4-2)25(34)28-23(21)32)20(31)16-35-24(33)19-13-12-17-10-7-8-11-18(17)27-19/h7-8,10-13H,3-6,9,14-16,26H2,1-2H3,(H,28,32,34). The normalized spacial score (nSPS) is 10.9. The molecule has 0 bridgehead atoms. The Labute approximate surface area is 202 Å². The van der Waals surface area contributed by atoms with Crippen LogP contribution in [0.4, 0.5) is 11.5 Å². The predicted molar refractivity (Wildman–Crippen MR) is 135 cm³/mol. The summed E-state index contributed by atoms with van der Waals surface area (Å²) in [5, 5.41) is 0.870. The lowest BCUT2D eigenvalue weighted by atomic mass is 10.2. The van der Waals surface area contributed by atoms with Gasteiger partial charge >= 0.3 is 11.7 Å². The van der Waals surface area contributed by atoms with E-state index >= 15 is 0 Å². The van der Waals surface area contributed by atoms with Crippen LogP contribution in [0.1, 0.15) is 56.4 Å². The molecule has 35 heavy (non-hydrogen) atoms. The van der Waals surface area contributed by atoms with Crippen LogP contribution >= 0.6 is 0 Å². The Morgan fingerprint density at radius 1 is 1.06 bits per heavy atom. The first-order chi connectivity index (χ1) is 16.9. The Balaban J connectivity index is 1.84. The van der Waals surface area contributed by atoms with Crippen LogP contribution in [0.2, 0.25) is 0 Å². The molecule has 3 aromatic rings. The molecule has 0 atom stereocenters. The number of para-hydroxylation sites is 1. The molecule has 1 amide bonds. The number of H-pyrrole nitrogens is 1. The maximum absolute atomic E-state index is 13.1. The number of aromatic nitrogens is 3. The molecule has 0 unspecified atom stereocenters. The van der Waals surface area contributed by atoms with Crippen molar-refractivity contribution in [2.45, 2.75) is 52.5 Å². The Morgan fingerprint density at radius 3 is 2.54 bits per heavy atom. The fourth-order valence-corrected chi connectivity index (χ4v) is 3.72. The van der Waals surface area contributed by atoms with Gasteiger partial charge in [0.1, 0.15) is 11.5 Å². The monoisotopic (exact) mass is 481 g/mol. The summed E-state index contributed by atoms with van der Waals surface area (Å²) in [6.45, 7) is 3.87. The van der Waals surface area contributed by atoms with E-state index in [9.17, 15) is 19.2 Å². The van der Waals surface area contributed by atoms with Crippen molar-refractivity contribution in [3.05, 3.63) is 62.9 Å². The number of nitrogens with one attached hydrogen (secondary N) is 1. The highest BCUT2D eigenvalue weighted by atomic mass is 16.5. The number of carbonyl (C=O) groups is 2. The highest BCUT2D eigenvalue weighted by Gasteiger charge is 2.25. The number of carbonyl (C=O) groups excluding carboxylic acids is 2. The van der Waals surface area contributed by atoms with Crippen LogP contribution in [-0.2, 0) is 16.1 Å². The molecule has 2 heterocycles. The largest absolute Gasteiger partial charge is 0.451 e. The Bertz CT molecular complexity index is 1310. The SMILES string of the molecule is CCCCCN(C(=O)COC(=O)c1ccc2ccccc2n1)c1c(N)n(CCCC)c(=O)[nH]c1=O. The minimum atomic E-state index is -0.757. The molecule has 2 aromatic heterocycles. The molecular weight excluding hydrogens is 450 g/mol. The molecular formula is C25H31N5O5. The topological polar surface area (TPSA) is 140 Å². The molecule has 0 aliphatic heterocycles. The van der Waals surface area contributed by atoms with Gasteiger partial charge in [-0.2, -0.15) is 0 Å². The first kappa shape index (κ1) is 25.7. The van der Waals surface area contributed by atoms with Gasteiger partial charge in [0.2, 0.25) is 0 Å². The van der Waals surface area contributed by atoms with E-state index in [1.54, 1.807) is 12.1 Å².